The lowest BCUT2D eigenvalue weighted by Gasteiger charge is -2.22. The molecule has 1 atom stereocenters. The Morgan fingerprint density at radius 2 is 1.95 bits per heavy atom. The number of aliphatic carboxylic acids is 1. The molecule has 0 bridgehead atoms. The molecular weight excluding hydrogens is 244 g/mol. The second-order valence-electron chi connectivity index (χ2n) is 5.44. The lowest BCUT2D eigenvalue weighted by molar-refractivity contribution is -0.140. The van der Waals surface area contributed by atoms with Crippen LogP contribution in [0, 0.1) is 0 Å². The van der Waals surface area contributed by atoms with E-state index in [1.54, 1.807) is 12.1 Å². The maximum atomic E-state index is 11.2. The molecule has 0 aliphatic heterocycles. The summed E-state index contributed by atoms with van der Waals surface area (Å²) in [7, 11) is 0. The summed E-state index contributed by atoms with van der Waals surface area (Å²) in [5.41, 5.74) is 6.89. The Hall–Kier alpha value is -1.59. The molecule has 1 aromatic rings. The molecule has 0 spiro atoms. The van der Waals surface area contributed by atoms with Crippen LogP contribution in [0.2, 0.25) is 0 Å². The maximum Gasteiger partial charge on any atom is 0.321 e. The molecule has 0 aliphatic rings. The Morgan fingerprint density at radius 3 is 2.42 bits per heavy atom. The average molecular weight is 266 g/mol. The largest absolute Gasteiger partial charge is 0.480 e. The van der Waals surface area contributed by atoms with E-state index in [0.717, 1.165) is 5.56 Å². The van der Waals surface area contributed by atoms with Gasteiger partial charge < -0.3 is 15.6 Å². The van der Waals surface area contributed by atoms with Gasteiger partial charge in [-0.3, -0.25) is 10.1 Å². The van der Waals surface area contributed by atoms with E-state index in [2.05, 4.69) is 5.32 Å². The van der Waals surface area contributed by atoms with Crippen molar-refractivity contribution in [3.63, 3.8) is 0 Å². The van der Waals surface area contributed by atoms with Crippen LogP contribution in [0.1, 0.15) is 26.3 Å². The minimum absolute atomic E-state index is 0.204. The van der Waals surface area contributed by atoms with Crippen molar-refractivity contribution in [1.29, 1.82) is 0 Å². The fourth-order valence-corrected chi connectivity index (χ4v) is 1.49. The first-order chi connectivity index (χ1) is 8.78. The molecule has 0 saturated heterocycles. The molecule has 19 heavy (non-hydrogen) atoms. The zero-order valence-electron chi connectivity index (χ0n) is 11.6. The van der Waals surface area contributed by atoms with Gasteiger partial charge in [0.1, 0.15) is 6.04 Å². The van der Waals surface area contributed by atoms with Gasteiger partial charge in [0.05, 0.1) is 12.3 Å². The summed E-state index contributed by atoms with van der Waals surface area (Å²) in [6, 6.07) is 6.51. The number of benzene rings is 1. The third-order valence-electron chi connectivity index (χ3n) is 2.55. The second-order valence-corrected chi connectivity index (χ2v) is 5.44. The Morgan fingerprint density at radius 1 is 1.37 bits per heavy atom. The monoisotopic (exact) mass is 266 g/mol. The van der Waals surface area contributed by atoms with Gasteiger partial charge in [0.2, 0.25) is 0 Å². The number of carboxylic acids is 1. The van der Waals surface area contributed by atoms with Crippen LogP contribution in [0.4, 0.5) is 5.69 Å². The zero-order chi connectivity index (χ0) is 14.5. The number of hydrogen-bond donors (Lipinski definition) is 3. The van der Waals surface area contributed by atoms with Crippen LogP contribution in [0.5, 0.6) is 0 Å². The number of nitrogen functional groups attached to an aromatic ring is 1. The minimum atomic E-state index is -0.894. The van der Waals surface area contributed by atoms with Crippen molar-refractivity contribution >= 4 is 11.7 Å². The number of nitrogens with one attached hydrogen (secondary N) is 1. The van der Waals surface area contributed by atoms with Crippen molar-refractivity contribution < 1.29 is 14.6 Å². The van der Waals surface area contributed by atoms with E-state index < -0.39 is 12.0 Å². The van der Waals surface area contributed by atoms with E-state index >= 15 is 0 Å². The lowest BCUT2D eigenvalue weighted by Crippen LogP contribution is -2.41. The van der Waals surface area contributed by atoms with Crippen LogP contribution >= 0.6 is 0 Å². The van der Waals surface area contributed by atoms with Gasteiger partial charge in [-0.25, -0.2) is 0 Å². The summed E-state index contributed by atoms with van der Waals surface area (Å²) in [5.74, 6) is -0.894. The smallest absolute Gasteiger partial charge is 0.321 e. The summed E-state index contributed by atoms with van der Waals surface area (Å²) in [5, 5.41) is 12.1. The van der Waals surface area contributed by atoms with Gasteiger partial charge in [0.25, 0.3) is 0 Å². The van der Waals surface area contributed by atoms with E-state index in [0.29, 0.717) is 12.1 Å². The third kappa shape index (κ3) is 6.22. The van der Waals surface area contributed by atoms with Crippen LogP contribution in [0.15, 0.2) is 24.3 Å². The molecule has 1 rings (SSSR count). The quantitative estimate of drug-likeness (QED) is 0.538. The fraction of sp³-hybridized carbons (Fsp3) is 0.500. The Labute approximate surface area is 113 Å². The summed E-state index contributed by atoms with van der Waals surface area (Å²) >= 11 is 0. The van der Waals surface area contributed by atoms with Crippen molar-refractivity contribution in [2.45, 2.75) is 38.8 Å². The van der Waals surface area contributed by atoms with Crippen LogP contribution in [-0.4, -0.2) is 29.4 Å². The number of ether oxygens (including phenoxy) is 1. The second kappa shape index (κ2) is 6.54. The van der Waals surface area contributed by atoms with E-state index in [-0.39, 0.29) is 12.3 Å². The molecule has 5 nitrogen and oxygen atoms in total. The average Bonchev–Trinajstić information content (AvgIpc) is 2.28. The molecule has 0 unspecified atom stereocenters. The van der Waals surface area contributed by atoms with Gasteiger partial charge >= 0.3 is 5.97 Å². The van der Waals surface area contributed by atoms with E-state index in [1.807, 2.05) is 32.9 Å². The summed E-state index contributed by atoms with van der Waals surface area (Å²) < 4.78 is 5.47. The van der Waals surface area contributed by atoms with Crippen LogP contribution in [-0.2, 0) is 16.0 Å². The lowest BCUT2D eigenvalue weighted by atomic mass is 10.1. The predicted octanol–water partition coefficient (Wildman–Crippen LogP) is 1.63. The van der Waals surface area contributed by atoms with Crippen LogP contribution in [0.25, 0.3) is 0 Å². The first-order valence-corrected chi connectivity index (χ1v) is 6.22. The first-order valence-electron chi connectivity index (χ1n) is 6.22. The Kier molecular flexibility index (Phi) is 5.32. The number of anilines is 1. The molecule has 0 aromatic heterocycles. The van der Waals surface area contributed by atoms with E-state index in [9.17, 15) is 9.90 Å². The molecule has 0 radical (unpaired) electrons. The topological polar surface area (TPSA) is 84.6 Å². The first kappa shape index (κ1) is 15.5. The van der Waals surface area contributed by atoms with Gasteiger partial charge in [0.15, 0.2) is 0 Å². The van der Waals surface area contributed by atoms with Crippen LogP contribution < -0.4 is 11.1 Å². The molecule has 4 N–H and O–H groups in total. The predicted molar refractivity (Wildman–Crippen MR) is 74.8 cm³/mol. The molecule has 0 amide bonds. The van der Waals surface area contributed by atoms with Gasteiger partial charge in [-0.05, 0) is 44.9 Å². The summed E-state index contributed by atoms with van der Waals surface area (Å²) in [4.78, 5) is 11.2. The highest BCUT2D eigenvalue weighted by atomic mass is 16.5. The highest BCUT2D eigenvalue weighted by Crippen LogP contribution is 2.09. The number of nitrogens with two attached hydrogens (primary N) is 1. The summed E-state index contributed by atoms with van der Waals surface area (Å²) in [6.45, 7) is 5.97. The normalized spacial score (nSPS) is 13.2. The van der Waals surface area contributed by atoms with Crippen molar-refractivity contribution in [1.82, 2.24) is 5.32 Å². The molecular formula is C14H22N2O3. The van der Waals surface area contributed by atoms with Gasteiger partial charge in [-0.1, -0.05) is 12.1 Å². The molecule has 1 aromatic carbocycles. The Balaban J connectivity index is 2.53. The van der Waals surface area contributed by atoms with E-state index in [1.165, 1.54) is 0 Å². The van der Waals surface area contributed by atoms with Gasteiger partial charge in [-0.2, -0.15) is 0 Å². The van der Waals surface area contributed by atoms with E-state index in [4.69, 9.17) is 10.5 Å². The van der Waals surface area contributed by atoms with Crippen LogP contribution in [0.3, 0.4) is 0 Å². The standard InChI is InChI=1S/C14H22N2O3/c1-14(2,3)19-9-16-12(13(17)18)8-10-4-6-11(15)7-5-10/h4-7,12,16H,8-9,15H2,1-3H3,(H,17,18)/t12-/m0/s1. The van der Waals surface area contributed by atoms with Crippen molar-refractivity contribution in [2.75, 3.05) is 12.5 Å². The number of hydrogen-bond acceptors (Lipinski definition) is 4. The highest BCUT2D eigenvalue weighted by molar-refractivity contribution is 5.73. The molecule has 0 heterocycles. The third-order valence-corrected chi connectivity index (χ3v) is 2.55. The number of rotatable bonds is 6. The number of carbonyl (C=O) groups is 1. The number of carboxylic acid groups (broad SMARTS) is 1. The van der Waals surface area contributed by atoms with Crippen molar-refractivity contribution in [3.05, 3.63) is 29.8 Å². The molecule has 0 fully saturated rings. The highest BCUT2D eigenvalue weighted by Gasteiger charge is 2.18. The Bertz CT molecular complexity index is 410. The molecule has 0 aliphatic carbocycles. The zero-order valence-corrected chi connectivity index (χ0v) is 11.6. The maximum absolute atomic E-state index is 11.2. The minimum Gasteiger partial charge on any atom is -0.480 e. The van der Waals surface area contributed by atoms with Crippen molar-refractivity contribution in [3.8, 4) is 0 Å². The summed E-state index contributed by atoms with van der Waals surface area (Å²) in [6.07, 6.45) is 0.392. The fourth-order valence-electron chi connectivity index (χ4n) is 1.49. The molecule has 106 valence electrons. The molecule has 5 heteroatoms. The van der Waals surface area contributed by atoms with Crippen molar-refractivity contribution in [2.24, 2.45) is 0 Å². The SMILES string of the molecule is CC(C)(C)OCN[C@@H](Cc1ccc(N)cc1)C(=O)O. The van der Waals surface area contributed by atoms with Gasteiger partial charge in [0, 0.05) is 5.69 Å². The van der Waals surface area contributed by atoms with Gasteiger partial charge in [-0.15, -0.1) is 0 Å². The molecule has 0 saturated carbocycles.